The fraction of sp³-hybridized carbons (Fsp3) is 0.280. The van der Waals surface area contributed by atoms with Crippen LogP contribution in [0.4, 0.5) is 5.82 Å². The van der Waals surface area contributed by atoms with Crippen molar-refractivity contribution in [3.8, 4) is 11.5 Å². The molecule has 0 bridgehead atoms. The molecule has 1 amide bonds. The van der Waals surface area contributed by atoms with Gasteiger partial charge in [0.2, 0.25) is 6.79 Å². The van der Waals surface area contributed by atoms with Gasteiger partial charge in [-0.2, -0.15) is 0 Å². The number of hydrogen-bond acceptors (Lipinski definition) is 9. The van der Waals surface area contributed by atoms with Crippen LogP contribution in [0.5, 0.6) is 11.5 Å². The molecule has 0 spiro atoms. The monoisotopic (exact) mass is 522 g/mol. The Hall–Kier alpha value is -3.41. The van der Waals surface area contributed by atoms with Crippen LogP contribution in [0, 0.1) is 0 Å². The number of amides is 1. The first-order chi connectivity index (χ1) is 17.6. The molecule has 2 fully saturated rings. The summed E-state index contributed by atoms with van der Waals surface area (Å²) in [6, 6.07) is 10.9. The number of ether oxygens (including phenoxy) is 3. The molecule has 36 heavy (non-hydrogen) atoms. The fourth-order valence-electron chi connectivity index (χ4n) is 4.37. The number of hydrogen-bond donors (Lipinski definition) is 1. The highest BCUT2D eigenvalue weighted by Gasteiger charge is 2.33. The maximum Gasteiger partial charge on any atom is 0.267 e. The van der Waals surface area contributed by atoms with Crippen LogP contribution in [0.25, 0.3) is 11.7 Å². The van der Waals surface area contributed by atoms with Gasteiger partial charge in [0.05, 0.1) is 23.1 Å². The van der Waals surface area contributed by atoms with Gasteiger partial charge in [-0.05, 0) is 48.7 Å². The minimum atomic E-state index is -0.267. The fourth-order valence-corrected chi connectivity index (χ4v) is 5.61. The third-order valence-electron chi connectivity index (χ3n) is 6.22. The molecule has 2 saturated heterocycles. The van der Waals surface area contributed by atoms with Gasteiger partial charge in [0.15, 0.2) is 11.5 Å². The molecule has 6 rings (SSSR count). The average molecular weight is 523 g/mol. The normalized spacial score (nSPS) is 20.2. The van der Waals surface area contributed by atoms with E-state index in [-0.39, 0.29) is 30.9 Å². The van der Waals surface area contributed by atoms with Gasteiger partial charge in [0, 0.05) is 19.3 Å². The van der Waals surface area contributed by atoms with E-state index >= 15 is 0 Å². The highest BCUT2D eigenvalue weighted by Crippen LogP contribution is 2.36. The molecule has 3 aliphatic heterocycles. The van der Waals surface area contributed by atoms with Crippen LogP contribution >= 0.6 is 24.0 Å². The number of carbonyl (C=O) groups excluding carboxylic acids is 1. The number of carbonyl (C=O) groups is 1. The van der Waals surface area contributed by atoms with Crippen LogP contribution in [-0.4, -0.2) is 50.6 Å². The van der Waals surface area contributed by atoms with E-state index in [9.17, 15) is 9.59 Å². The Kier molecular flexibility index (Phi) is 6.12. The second-order valence-corrected chi connectivity index (χ2v) is 10.3. The van der Waals surface area contributed by atoms with Crippen molar-refractivity contribution in [2.24, 2.45) is 0 Å². The predicted octanol–water partition coefficient (Wildman–Crippen LogP) is 3.42. The number of nitrogens with zero attached hydrogens (tertiary/aromatic N) is 3. The van der Waals surface area contributed by atoms with Crippen molar-refractivity contribution in [1.82, 2.24) is 14.3 Å². The largest absolute Gasteiger partial charge is 0.454 e. The number of pyridine rings is 1. The van der Waals surface area contributed by atoms with Gasteiger partial charge in [-0.25, -0.2) is 4.98 Å². The van der Waals surface area contributed by atoms with E-state index in [0.29, 0.717) is 44.3 Å². The third kappa shape index (κ3) is 4.34. The minimum Gasteiger partial charge on any atom is -0.454 e. The number of benzene rings is 1. The van der Waals surface area contributed by atoms with Crippen LogP contribution < -0.4 is 20.3 Å². The average Bonchev–Trinajstić information content (AvgIpc) is 3.63. The van der Waals surface area contributed by atoms with Gasteiger partial charge >= 0.3 is 0 Å². The maximum atomic E-state index is 13.4. The Balaban J connectivity index is 1.31. The van der Waals surface area contributed by atoms with Crippen LogP contribution in [0.2, 0.25) is 0 Å². The summed E-state index contributed by atoms with van der Waals surface area (Å²) in [5.74, 6) is 1.48. The molecule has 184 valence electrons. The third-order valence-corrected chi connectivity index (χ3v) is 7.59. The SMILES string of the molecule is O=C1/C(=C/c2c(NC[C@H]3CCCO3)nc3ccccn3c2=O)SC(=S)N1Cc1ccc2c(c1)OCO2. The number of anilines is 1. The molecule has 9 nitrogen and oxygen atoms in total. The van der Waals surface area contributed by atoms with Gasteiger partial charge in [-0.3, -0.25) is 18.9 Å². The Morgan fingerprint density at radius 3 is 2.94 bits per heavy atom. The topological polar surface area (TPSA) is 94.4 Å². The number of nitrogens with one attached hydrogen (secondary N) is 1. The number of thioether (sulfide) groups is 1. The maximum absolute atomic E-state index is 13.4. The van der Waals surface area contributed by atoms with Crippen molar-refractivity contribution in [3.05, 3.63) is 69.0 Å². The summed E-state index contributed by atoms with van der Waals surface area (Å²) in [6.07, 6.45) is 5.28. The van der Waals surface area contributed by atoms with Gasteiger partial charge in [-0.15, -0.1) is 0 Å². The van der Waals surface area contributed by atoms with Gasteiger partial charge in [-0.1, -0.05) is 36.1 Å². The van der Waals surface area contributed by atoms with Gasteiger partial charge < -0.3 is 19.5 Å². The molecular weight excluding hydrogens is 500 g/mol. The van der Waals surface area contributed by atoms with E-state index < -0.39 is 0 Å². The molecule has 3 aromatic rings. The lowest BCUT2D eigenvalue weighted by Crippen LogP contribution is -2.27. The second-order valence-electron chi connectivity index (χ2n) is 8.58. The summed E-state index contributed by atoms with van der Waals surface area (Å²) in [5, 5.41) is 3.28. The number of aromatic nitrogens is 2. The van der Waals surface area contributed by atoms with Crippen molar-refractivity contribution in [2.45, 2.75) is 25.5 Å². The van der Waals surface area contributed by atoms with Crippen molar-refractivity contribution >= 4 is 51.7 Å². The molecule has 3 aliphatic rings. The lowest BCUT2D eigenvalue weighted by atomic mass is 10.2. The zero-order valence-electron chi connectivity index (χ0n) is 19.1. The Bertz CT molecular complexity index is 1460. The summed E-state index contributed by atoms with van der Waals surface area (Å²) in [5.41, 5.74) is 1.42. The molecule has 1 atom stereocenters. The second kappa shape index (κ2) is 9.57. The Labute approximate surface area is 216 Å². The molecule has 2 aromatic heterocycles. The van der Waals surface area contributed by atoms with Crippen molar-refractivity contribution in [1.29, 1.82) is 0 Å². The molecule has 0 aliphatic carbocycles. The lowest BCUT2D eigenvalue weighted by molar-refractivity contribution is -0.122. The molecule has 0 unspecified atom stereocenters. The first-order valence-electron chi connectivity index (χ1n) is 11.6. The smallest absolute Gasteiger partial charge is 0.267 e. The van der Waals surface area contributed by atoms with E-state index in [2.05, 4.69) is 10.3 Å². The van der Waals surface area contributed by atoms with Crippen LogP contribution in [-0.2, 0) is 16.1 Å². The molecule has 1 aromatic carbocycles. The summed E-state index contributed by atoms with van der Waals surface area (Å²) in [4.78, 5) is 33.3. The molecule has 5 heterocycles. The number of rotatable bonds is 6. The highest BCUT2D eigenvalue weighted by atomic mass is 32.2. The molecular formula is C25H22N4O5S2. The minimum absolute atomic E-state index is 0.0637. The standard InChI is InChI=1S/C25H22N4O5S2/c30-23-17(22(26-12-16-4-3-9-32-16)27-21-5-1-2-8-28(21)23)11-20-24(31)29(25(35)36-20)13-15-6-7-18-19(10-15)34-14-33-18/h1-2,5-8,10-11,16,26H,3-4,9,12-14H2/b20-11-/t16-/m1/s1. The lowest BCUT2D eigenvalue weighted by Gasteiger charge is -2.15. The zero-order valence-corrected chi connectivity index (χ0v) is 20.8. The number of thiocarbonyl (C=S) groups is 1. The Morgan fingerprint density at radius 2 is 2.08 bits per heavy atom. The first kappa shape index (κ1) is 23.0. The van der Waals surface area contributed by atoms with E-state index in [1.165, 1.54) is 21.1 Å². The molecule has 0 radical (unpaired) electrons. The molecule has 11 heteroatoms. The zero-order chi connectivity index (χ0) is 24.6. The van der Waals surface area contributed by atoms with Crippen LogP contribution in [0.1, 0.15) is 24.0 Å². The van der Waals surface area contributed by atoms with Gasteiger partial charge in [0.25, 0.3) is 11.5 Å². The summed E-state index contributed by atoms with van der Waals surface area (Å²) >= 11 is 6.69. The first-order valence-corrected chi connectivity index (χ1v) is 12.8. The van der Waals surface area contributed by atoms with E-state index in [0.717, 1.165) is 25.0 Å². The highest BCUT2D eigenvalue weighted by molar-refractivity contribution is 8.26. The van der Waals surface area contributed by atoms with Gasteiger partial charge in [0.1, 0.15) is 15.8 Å². The van der Waals surface area contributed by atoms with Crippen molar-refractivity contribution in [2.75, 3.05) is 25.3 Å². The quantitative estimate of drug-likeness (QED) is 0.386. The molecule has 0 saturated carbocycles. The van der Waals surface area contributed by atoms with Crippen LogP contribution in [0.3, 0.4) is 0 Å². The van der Waals surface area contributed by atoms with E-state index in [4.69, 9.17) is 26.4 Å². The summed E-state index contributed by atoms with van der Waals surface area (Å²) in [7, 11) is 0. The Morgan fingerprint density at radius 1 is 1.19 bits per heavy atom. The predicted molar refractivity (Wildman–Crippen MR) is 140 cm³/mol. The van der Waals surface area contributed by atoms with Crippen LogP contribution in [0.15, 0.2) is 52.3 Å². The summed E-state index contributed by atoms with van der Waals surface area (Å²) in [6.45, 7) is 1.74. The van der Waals surface area contributed by atoms with E-state index in [1.807, 2.05) is 24.3 Å². The summed E-state index contributed by atoms with van der Waals surface area (Å²) < 4.78 is 18.4. The van der Waals surface area contributed by atoms with Crippen molar-refractivity contribution in [3.63, 3.8) is 0 Å². The number of fused-ring (bicyclic) bond motifs is 2. The van der Waals surface area contributed by atoms with Crippen molar-refractivity contribution < 1.29 is 19.0 Å². The van der Waals surface area contributed by atoms with E-state index in [1.54, 1.807) is 24.4 Å². The molecule has 1 N–H and O–H groups in total.